The monoisotopic (exact) mass is 352 g/mol. The molecule has 0 aromatic heterocycles. The van der Waals surface area contributed by atoms with Crippen molar-refractivity contribution >= 4 is 5.71 Å². The van der Waals surface area contributed by atoms with Gasteiger partial charge in [0, 0.05) is 31.5 Å². The van der Waals surface area contributed by atoms with Gasteiger partial charge in [-0.2, -0.15) is 0 Å². The molecule has 5 nitrogen and oxygen atoms in total. The average molecular weight is 352 g/mol. The number of rotatable bonds is 3. The number of hydrogen-bond donors (Lipinski definition) is 1. The molecule has 136 valence electrons. The maximum atomic E-state index is 9.67. The topological polar surface area (TPSA) is 54.3 Å². The third-order valence-corrected chi connectivity index (χ3v) is 5.67. The fourth-order valence-corrected chi connectivity index (χ4v) is 4.31. The summed E-state index contributed by atoms with van der Waals surface area (Å²) in [6.45, 7) is 1.86. The Morgan fingerprint density at radius 1 is 1.08 bits per heavy atom. The van der Waals surface area contributed by atoms with E-state index >= 15 is 0 Å². The van der Waals surface area contributed by atoms with E-state index in [0.717, 1.165) is 43.1 Å². The highest BCUT2D eigenvalue weighted by Crippen LogP contribution is 2.43. The molecule has 2 aromatic carbocycles. The largest absolute Gasteiger partial charge is 0.493 e. The number of methoxy groups -OCH3 is 2. The lowest BCUT2D eigenvalue weighted by Crippen LogP contribution is -2.45. The predicted octanol–water partition coefficient (Wildman–Crippen LogP) is 3.62. The van der Waals surface area contributed by atoms with Gasteiger partial charge in [0.25, 0.3) is 0 Å². The predicted molar refractivity (Wildman–Crippen MR) is 101 cm³/mol. The second-order valence-corrected chi connectivity index (χ2v) is 6.93. The summed E-state index contributed by atoms with van der Waals surface area (Å²) in [5.41, 5.74) is 4.60. The fraction of sp³-hybridized carbons (Fsp3) is 0.381. The van der Waals surface area contributed by atoms with Crippen LogP contribution in [0, 0.1) is 0 Å². The van der Waals surface area contributed by atoms with E-state index < -0.39 is 0 Å². The van der Waals surface area contributed by atoms with Crippen LogP contribution in [0.25, 0.3) is 0 Å². The second-order valence-electron chi connectivity index (χ2n) is 6.93. The average Bonchev–Trinajstić information content (AvgIpc) is 2.72. The van der Waals surface area contributed by atoms with Gasteiger partial charge in [0.1, 0.15) is 0 Å². The molecule has 0 radical (unpaired) electrons. The standard InChI is InChI=1S/C21H24N2O3/c1-25-20-10-15-8-9-23-13-17(14-6-4-3-5-7-14)18(22-24)12-19(23)16(15)11-21(20)26-2/h3-7,10-11,17,19,24H,8-9,12-13H2,1-2H3. The van der Waals surface area contributed by atoms with Crippen LogP contribution in [0.1, 0.15) is 35.1 Å². The van der Waals surface area contributed by atoms with Crippen molar-refractivity contribution in [3.8, 4) is 11.5 Å². The first-order chi connectivity index (χ1) is 12.7. The van der Waals surface area contributed by atoms with E-state index in [9.17, 15) is 5.21 Å². The maximum Gasteiger partial charge on any atom is 0.161 e. The van der Waals surface area contributed by atoms with Gasteiger partial charge in [-0.3, -0.25) is 4.90 Å². The van der Waals surface area contributed by atoms with Crippen LogP contribution in [0.2, 0.25) is 0 Å². The minimum Gasteiger partial charge on any atom is -0.493 e. The highest BCUT2D eigenvalue weighted by atomic mass is 16.5. The Hall–Kier alpha value is -2.53. The van der Waals surface area contributed by atoms with Crippen LogP contribution in [-0.2, 0) is 6.42 Å². The lowest BCUT2D eigenvalue weighted by Gasteiger charge is -2.44. The summed E-state index contributed by atoms with van der Waals surface area (Å²) in [6, 6.07) is 14.7. The van der Waals surface area contributed by atoms with E-state index in [4.69, 9.17) is 9.47 Å². The first-order valence-electron chi connectivity index (χ1n) is 8.99. The van der Waals surface area contributed by atoms with E-state index in [1.54, 1.807) is 14.2 Å². The molecule has 2 aliphatic rings. The number of piperidine rings is 1. The number of oxime groups is 1. The Morgan fingerprint density at radius 2 is 1.81 bits per heavy atom. The zero-order valence-corrected chi connectivity index (χ0v) is 15.2. The molecular weight excluding hydrogens is 328 g/mol. The normalized spacial score (nSPS) is 24.0. The minimum atomic E-state index is 0.138. The van der Waals surface area contributed by atoms with E-state index in [2.05, 4.69) is 34.3 Å². The van der Waals surface area contributed by atoms with Crippen molar-refractivity contribution in [2.45, 2.75) is 24.8 Å². The van der Waals surface area contributed by atoms with Crippen molar-refractivity contribution in [3.05, 3.63) is 59.2 Å². The molecule has 2 unspecified atom stereocenters. The zero-order chi connectivity index (χ0) is 18.1. The third kappa shape index (κ3) is 2.82. The summed E-state index contributed by atoms with van der Waals surface area (Å²) in [6.07, 6.45) is 1.71. The molecule has 4 rings (SSSR count). The number of fused-ring (bicyclic) bond motifs is 3. The molecular formula is C21H24N2O3. The van der Waals surface area contributed by atoms with Crippen molar-refractivity contribution in [3.63, 3.8) is 0 Å². The summed E-state index contributed by atoms with van der Waals surface area (Å²) in [5, 5.41) is 13.3. The van der Waals surface area contributed by atoms with E-state index in [1.807, 2.05) is 18.2 Å². The smallest absolute Gasteiger partial charge is 0.161 e. The van der Waals surface area contributed by atoms with Gasteiger partial charge in [-0.1, -0.05) is 35.5 Å². The van der Waals surface area contributed by atoms with Crippen LogP contribution in [-0.4, -0.2) is 43.1 Å². The van der Waals surface area contributed by atoms with E-state index in [1.165, 1.54) is 16.7 Å². The Labute approximate surface area is 153 Å². The highest BCUT2D eigenvalue weighted by Gasteiger charge is 2.38. The van der Waals surface area contributed by atoms with Crippen LogP contribution in [0.4, 0.5) is 0 Å². The zero-order valence-electron chi connectivity index (χ0n) is 15.2. The van der Waals surface area contributed by atoms with Crippen LogP contribution in [0.5, 0.6) is 11.5 Å². The first kappa shape index (κ1) is 16.9. The Balaban J connectivity index is 1.69. The number of nitrogens with zero attached hydrogens (tertiary/aromatic N) is 2. The van der Waals surface area contributed by atoms with Gasteiger partial charge in [-0.05, 0) is 35.2 Å². The molecule has 2 heterocycles. The molecule has 26 heavy (non-hydrogen) atoms. The minimum absolute atomic E-state index is 0.138. The van der Waals surface area contributed by atoms with Crippen LogP contribution < -0.4 is 9.47 Å². The fourth-order valence-electron chi connectivity index (χ4n) is 4.31. The Morgan fingerprint density at radius 3 is 2.50 bits per heavy atom. The molecule has 2 aromatic rings. The molecule has 1 fully saturated rings. The maximum absolute atomic E-state index is 9.67. The van der Waals surface area contributed by atoms with Crippen molar-refractivity contribution in [2.75, 3.05) is 27.3 Å². The second kappa shape index (κ2) is 7.00. The van der Waals surface area contributed by atoms with E-state index in [-0.39, 0.29) is 12.0 Å². The first-order valence-corrected chi connectivity index (χ1v) is 8.99. The summed E-state index contributed by atoms with van der Waals surface area (Å²) in [5.74, 6) is 1.66. The Kier molecular flexibility index (Phi) is 4.55. The van der Waals surface area contributed by atoms with Gasteiger partial charge in [0.05, 0.1) is 19.9 Å². The van der Waals surface area contributed by atoms with Crippen molar-refractivity contribution < 1.29 is 14.7 Å². The molecule has 2 aliphatic heterocycles. The van der Waals surface area contributed by atoms with Gasteiger partial charge in [-0.25, -0.2) is 0 Å². The van der Waals surface area contributed by atoms with Gasteiger partial charge in [0.2, 0.25) is 0 Å². The quantitative estimate of drug-likeness (QED) is 0.677. The molecule has 2 atom stereocenters. The SMILES string of the molecule is COc1cc2c(cc1OC)C1CC(=NO)C(c3ccccc3)CN1CC2. The molecule has 1 saturated heterocycles. The van der Waals surface area contributed by atoms with Crippen molar-refractivity contribution in [2.24, 2.45) is 5.16 Å². The van der Waals surface area contributed by atoms with Crippen molar-refractivity contribution in [1.29, 1.82) is 0 Å². The third-order valence-electron chi connectivity index (χ3n) is 5.67. The molecule has 5 heteroatoms. The van der Waals surface area contributed by atoms with Crippen LogP contribution in [0.15, 0.2) is 47.6 Å². The van der Waals surface area contributed by atoms with Gasteiger partial charge in [-0.15, -0.1) is 0 Å². The van der Waals surface area contributed by atoms with Crippen LogP contribution in [0.3, 0.4) is 0 Å². The van der Waals surface area contributed by atoms with Gasteiger partial charge < -0.3 is 14.7 Å². The summed E-state index contributed by atoms with van der Waals surface area (Å²) >= 11 is 0. The summed E-state index contributed by atoms with van der Waals surface area (Å²) in [4.78, 5) is 2.50. The van der Waals surface area contributed by atoms with Crippen LogP contribution >= 0.6 is 0 Å². The van der Waals surface area contributed by atoms with Crippen molar-refractivity contribution in [1.82, 2.24) is 4.90 Å². The highest BCUT2D eigenvalue weighted by molar-refractivity contribution is 5.92. The lowest BCUT2D eigenvalue weighted by atomic mass is 9.79. The lowest BCUT2D eigenvalue weighted by molar-refractivity contribution is 0.166. The molecule has 0 saturated carbocycles. The van der Waals surface area contributed by atoms with Gasteiger partial charge in [0.15, 0.2) is 11.5 Å². The summed E-state index contributed by atoms with van der Waals surface area (Å²) < 4.78 is 11.0. The number of hydrogen-bond acceptors (Lipinski definition) is 5. The molecule has 1 N–H and O–H groups in total. The summed E-state index contributed by atoms with van der Waals surface area (Å²) in [7, 11) is 3.33. The van der Waals surface area contributed by atoms with Gasteiger partial charge >= 0.3 is 0 Å². The molecule has 0 bridgehead atoms. The molecule has 0 aliphatic carbocycles. The van der Waals surface area contributed by atoms with E-state index in [0.29, 0.717) is 0 Å². The number of ether oxygens (including phenoxy) is 2. The Bertz CT molecular complexity index is 820. The number of benzene rings is 2. The molecule has 0 amide bonds. The molecule has 0 spiro atoms.